The number of aryl methyl sites for hydroxylation is 1. The normalized spacial score (nSPS) is 23.3. The first-order chi connectivity index (χ1) is 12.1. The Labute approximate surface area is 162 Å². The first-order valence-corrected chi connectivity index (χ1v) is 14.0. The Morgan fingerprint density at radius 3 is 2.12 bits per heavy atom. The number of halogens is 1. The highest BCUT2D eigenvalue weighted by molar-refractivity contribution is 7.89. The molecule has 1 aliphatic heterocycles. The monoisotopic (exact) mass is 405 g/mol. The van der Waals surface area contributed by atoms with Crippen molar-refractivity contribution in [1.82, 2.24) is 4.31 Å². The van der Waals surface area contributed by atoms with E-state index in [1.807, 2.05) is 43.3 Å². The Kier molecular flexibility index (Phi) is 5.19. The van der Waals surface area contributed by atoms with Gasteiger partial charge in [0.25, 0.3) is 0 Å². The van der Waals surface area contributed by atoms with E-state index >= 15 is 0 Å². The van der Waals surface area contributed by atoms with E-state index in [1.165, 1.54) is 0 Å². The third-order valence-corrected chi connectivity index (χ3v) is 7.74. The predicted octanol–water partition coefficient (Wildman–Crippen LogP) is 5.20. The van der Waals surface area contributed by atoms with Gasteiger partial charge in [0, 0.05) is 5.02 Å². The third-order valence-electron chi connectivity index (χ3n) is 4.40. The third kappa shape index (κ3) is 4.12. The first kappa shape index (κ1) is 19.4. The molecule has 2 aromatic carbocycles. The summed E-state index contributed by atoms with van der Waals surface area (Å²) in [5.41, 5.74) is 4.22. The molecule has 1 saturated heterocycles. The summed E-state index contributed by atoms with van der Waals surface area (Å²) in [5.74, 6) is 0. The fraction of sp³-hybridized carbons (Fsp3) is 0.300. The maximum atomic E-state index is 13.2. The van der Waals surface area contributed by atoms with Gasteiger partial charge in [-0.2, -0.15) is 4.31 Å². The van der Waals surface area contributed by atoms with E-state index in [9.17, 15) is 8.42 Å². The number of nitrogens with zero attached hydrogens (tertiary/aromatic N) is 1. The number of hydrogen-bond donors (Lipinski definition) is 0. The van der Waals surface area contributed by atoms with Crippen molar-refractivity contribution >= 4 is 29.7 Å². The number of rotatable bonds is 5. The van der Waals surface area contributed by atoms with Gasteiger partial charge in [-0.05, 0) is 36.8 Å². The van der Waals surface area contributed by atoms with Crippen LogP contribution in [0.5, 0.6) is 0 Å². The molecule has 1 unspecified atom stereocenters. The first-order valence-electron chi connectivity index (χ1n) is 8.65. The zero-order valence-electron chi connectivity index (χ0n) is 15.5. The standard InChI is InChI=1S/C20H24ClNO2SSi/c1-15-5-11-18(12-6-15)25(23,24)22-19(13-14-26(2,3)4)20(22)16-7-9-17(21)10-8-16/h5-14,19-20H,1-4H3/b14-13+/t19-,20+,22?/m1/s1. The Morgan fingerprint density at radius 2 is 1.58 bits per heavy atom. The van der Waals surface area contributed by atoms with Gasteiger partial charge in [0.1, 0.15) is 0 Å². The van der Waals surface area contributed by atoms with Crippen LogP contribution in [0.1, 0.15) is 17.2 Å². The summed E-state index contributed by atoms with van der Waals surface area (Å²) in [4.78, 5) is 0.339. The molecule has 1 aliphatic rings. The lowest BCUT2D eigenvalue weighted by Crippen LogP contribution is -2.17. The van der Waals surface area contributed by atoms with Crippen LogP contribution < -0.4 is 0 Å². The van der Waals surface area contributed by atoms with Gasteiger partial charge in [-0.3, -0.25) is 0 Å². The van der Waals surface area contributed by atoms with Gasteiger partial charge in [0.2, 0.25) is 10.0 Å². The molecule has 1 fully saturated rings. The molecule has 0 aliphatic carbocycles. The van der Waals surface area contributed by atoms with Gasteiger partial charge in [-0.1, -0.05) is 72.8 Å². The molecule has 0 spiro atoms. The Hall–Kier alpha value is -1.40. The summed E-state index contributed by atoms with van der Waals surface area (Å²) >= 11 is 5.99. The molecule has 0 radical (unpaired) electrons. The van der Waals surface area contributed by atoms with Crippen LogP contribution in [-0.4, -0.2) is 26.8 Å². The van der Waals surface area contributed by atoms with Crippen molar-refractivity contribution in [1.29, 1.82) is 0 Å². The van der Waals surface area contributed by atoms with Crippen molar-refractivity contribution in [2.45, 2.75) is 43.5 Å². The molecule has 3 nitrogen and oxygen atoms in total. The summed E-state index contributed by atoms with van der Waals surface area (Å²) in [7, 11) is -4.96. The second-order valence-electron chi connectivity index (χ2n) is 7.86. The van der Waals surface area contributed by atoms with E-state index in [0.717, 1.165) is 11.1 Å². The number of hydrogen-bond acceptors (Lipinski definition) is 2. The molecule has 0 N–H and O–H groups in total. The van der Waals surface area contributed by atoms with Crippen molar-refractivity contribution < 1.29 is 8.42 Å². The molecular weight excluding hydrogens is 382 g/mol. The van der Waals surface area contributed by atoms with Gasteiger partial charge in [-0.15, -0.1) is 0 Å². The topological polar surface area (TPSA) is 37.1 Å². The molecule has 1 heterocycles. The minimum Gasteiger partial charge on any atom is -0.207 e. The summed E-state index contributed by atoms with van der Waals surface area (Å²) in [5, 5.41) is 0.650. The maximum Gasteiger partial charge on any atom is 0.244 e. The van der Waals surface area contributed by atoms with Crippen LogP contribution in [0.2, 0.25) is 24.7 Å². The Balaban J connectivity index is 1.97. The molecule has 2 aromatic rings. The van der Waals surface area contributed by atoms with E-state index < -0.39 is 18.1 Å². The second-order valence-corrected chi connectivity index (χ2v) is 15.2. The highest BCUT2D eigenvalue weighted by Gasteiger charge is 2.54. The molecule has 3 rings (SSSR count). The SMILES string of the molecule is Cc1ccc(S(=O)(=O)N2[C@H](/C=C/[Si](C)(C)C)[C@@H]2c2ccc(Cl)cc2)cc1. The summed E-state index contributed by atoms with van der Waals surface area (Å²) in [6.45, 7) is 8.66. The van der Waals surface area contributed by atoms with Gasteiger partial charge >= 0.3 is 0 Å². The van der Waals surface area contributed by atoms with E-state index in [-0.39, 0.29) is 12.1 Å². The molecule has 0 amide bonds. The van der Waals surface area contributed by atoms with Crippen molar-refractivity contribution in [2.75, 3.05) is 0 Å². The van der Waals surface area contributed by atoms with Crippen LogP contribution in [0.4, 0.5) is 0 Å². The van der Waals surface area contributed by atoms with E-state index in [0.29, 0.717) is 9.92 Å². The number of sulfonamides is 1. The minimum absolute atomic E-state index is 0.144. The van der Waals surface area contributed by atoms with Crippen LogP contribution in [0.25, 0.3) is 0 Å². The lowest BCUT2D eigenvalue weighted by molar-refractivity contribution is 0.550. The smallest absolute Gasteiger partial charge is 0.207 e. The molecule has 6 heteroatoms. The van der Waals surface area contributed by atoms with Crippen LogP contribution in [-0.2, 0) is 10.0 Å². The van der Waals surface area contributed by atoms with Crippen LogP contribution in [0, 0.1) is 6.92 Å². The molecule has 0 aromatic heterocycles. The molecule has 138 valence electrons. The summed E-state index contributed by atoms with van der Waals surface area (Å²) in [6, 6.07) is 14.2. The molecule has 0 saturated carbocycles. The summed E-state index contributed by atoms with van der Waals surface area (Å²) in [6.07, 6.45) is 2.07. The highest BCUT2D eigenvalue weighted by Crippen LogP contribution is 2.48. The maximum absolute atomic E-state index is 13.2. The average Bonchev–Trinajstić information content (AvgIpc) is 3.29. The quantitative estimate of drug-likeness (QED) is 0.506. The fourth-order valence-electron chi connectivity index (χ4n) is 2.95. The van der Waals surface area contributed by atoms with Gasteiger partial charge in [0.05, 0.1) is 25.1 Å². The van der Waals surface area contributed by atoms with Crippen LogP contribution in [0.3, 0.4) is 0 Å². The van der Waals surface area contributed by atoms with Crippen molar-refractivity contribution in [3.63, 3.8) is 0 Å². The van der Waals surface area contributed by atoms with E-state index in [1.54, 1.807) is 16.4 Å². The average molecular weight is 406 g/mol. The lowest BCUT2D eigenvalue weighted by Gasteiger charge is -2.08. The van der Waals surface area contributed by atoms with Crippen molar-refractivity contribution in [2.24, 2.45) is 0 Å². The Bertz CT molecular complexity index is 916. The minimum atomic E-state index is -3.54. The highest BCUT2D eigenvalue weighted by atomic mass is 35.5. The van der Waals surface area contributed by atoms with E-state index in [2.05, 4.69) is 31.4 Å². The fourth-order valence-corrected chi connectivity index (χ4v) is 5.57. The molecule has 3 atom stereocenters. The van der Waals surface area contributed by atoms with Gasteiger partial charge < -0.3 is 0 Å². The van der Waals surface area contributed by atoms with Gasteiger partial charge in [0.15, 0.2) is 0 Å². The van der Waals surface area contributed by atoms with Crippen molar-refractivity contribution in [3.8, 4) is 0 Å². The number of benzene rings is 2. The van der Waals surface area contributed by atoms with Crippen LogP contribution in [0.15, 0.2) is 65.2 Å². The lowest BCUT2D eigenvalue weighted by atomic mass is 10.1. The van der Waals surface area contributed by atoms with E-state index in [4.69, 9.17) is 11.6 Å². The molecule has 0 bridgehead atoms. The van der Waals surface area contributed by atoms with Crippen molar-refractivity contribution in [3.05, 3.63) is 76.5 Å². The zero-order chi connectivity index (χ0) is 19.1. The second kappa shape index (κ2) is 6.96. The Morgan fingerprint density at radius 1 is 1.00 bits per heavy atom. The molecular formula is C20H24ClNO2SSi. The largest absolute Gasteiger partial charge is 0.244 e. The predicted molar refractivity (Wildman–Crippen MR) is 111 cm³/mol. The summed E-state index contributed by atoms with van der Waals surface area (Å²) < 4.78 is 27.9. The van der Waals surface area contributed by atoms with Gasteiger partial charge in [-0.25, -0.2) is 8.42 Å². The van der Waals surface area contributed by atoms with Crippen LogP contribution >= 0.6 is 11.6 Å². The molecule has 26 heavy (non-hydrogen) atoms. The zero-order valence-corrected chi connectivity index (χ0v) is 18.1.